The maximum absolute atomic E-state index is 11.8. The summed E-state index contributed by atoms with van der Waals surface area (Å²) in [5.41, 5.74) is 1.98. The Morgan fingerprint density at radius 3 is 2.60 bits per heavy atom. The van der Waals surface area contributed by atoms with Crippen LogP contribution in [0.15, 0.2) is 54.6 Å². The van der Waals surface area contributed by atoms with Crippen LogP contribution in [0.4, 0.5) is 4.79 Å². The van der Waals surface area contributed by atoms with Gasteiger partial charge >= 0.3 is 12.0 Å². The second-order valence-electron chi connectivity index (χ2n) is 5.61. The standard InChI is InChI=1S/C19H22N2O4/c1-14(21-19(24)20-11-10-18(22)23)16-8-5-9-17(12-16)25-13-15-6-3-2-4-7-15/h2-9,12,14H,10-11,13H2,1H3,(H,22,23)(H2,20,21,24)/t14-/m1/s1. The molecule has 6 heteroatoms. The van der Waals surface area contributed by atoms with Gasteiger partial charge in [0.1, 0.15) is 12.4 Å². The fourth-order valence-electron chi connectivity index (χ4n) is 2.23. The second kappa shape index (κ2) is 9.32. The summed E-state index contributed by atoms with van der Waals surface area (Å²) in [6, 6.07) is 16.8. The van der Waals surface area contributed by atoms with Gasteiger partial charge in [-0.05, 0) is 30.2 Å². The third-order valence-corrected chi connectivity index (χ3v) is 3.58. The first-order valence-corrected chi connectivity index (χ1v) is 8.07. The van der Waals surface area contributed by atoms with Gasteiger partial charge in [-0.25, -0.2) is 4.79 Å². The Labute approximate surface area is 146 Å². The van der Waals surface area contributed by atoms with E-state index in [1.54, 1.807) is 0 Å². The largest absolute Gasteiger partial charge is 0.489 e. The third-order valence-electron chi connectivity index (χ3n) is 3.58. The van der Waals surface area contributed by atoms with Crippen molar-refractivity contribution in [3.63, 3.8) is 0 Å². The first-order valence-electron chi connectivity index (χ1n) is 8.07. The van der Waals surface area contributed by atoms with Crippen LogP contribution in [-0.4, -0.2) is 23.7 Å². The molecule has 0 saturated heterocycles. The molecule has 132 valence electrons. The van der Waals surface area contributed by atoms with Gasteiger partial charge in [0.05, 0.1) is 12.5 Å². The number of benzene rings is 2. The van der Waals surface area contributed by atoms with Gasteiger partial charge in [0.25, 0.3) is 0 Å². The van der Waals surface area contributed by atoms with Crippen molar-refractivity contribution in [2.45, 2.75) is 26.0 Å². The summed E-state index contributed by atoms with van der Waals surface area (Å²) in [5, 5.41) is 13.9. The Kier molecular flexibility index (Phi) is 6.83. The van der Waals surface area contributed by atoms with Crippen LogP contribution in [0.2, 0.25) is 0 Å². The normalized spacial score (nSPS) is 11.4. The van der Waals surface area contributed by atoms with Gasteiger partial charge in [-0.2, -0.15) is 0 Å². The van der Waals surface area contributed by atoms with E-state index in [0.29, 0.717) is 6.61 Å². The Bertz CT molecular complexity index is 704. The SMILES string of the molecule is C[C@@H](NC(=O)NCCC(=O)O)c1cccc(OCc2ccccc2)c1. The first kappa shape index (κ1) is 18.3. The van der Waals surface area contributed by atoms with E-state index in [9.17, 15) is 9.59 Å². The van der Waals surface area contributed by atoms with Crippen molar-refractivity contribution in [3.05, 3.63) is 65.7 Å². The zero-order chi connectivity index (χ0) is 18.1. The predicted octanol–water partition coefficient (Wildman–Crippen LogP) is 3.10. The van der Waals surface area contributed by atoms with Gasteiger partial charge in [0, 0.05) is 6.54 Å². The van der Waals surface area contributed by atoms with Crippen molar-refractivity contribution in [2.24, 2.45) is 0 Å². The molecule has 0 bridgehead atoms. The van der Waals surface area contributed by atoms with E-state index in [4.69, 9.17) is 9.84 Å². The molecule has 0 unspecified atom stereocenters. The van der Waals surface area contributed by atoms with E-state index >= 15 is 0 Å². The quantitative estimate of drug-likeness (QED) is 0.688. The lowest BCUT2D eigenvalue weighted by molar-refractivity contribution is -0.136. The predicted molar refractivity (Wildman–Crippen MR) is 94.4 cm³/mol. The summed E-state index contributed by atoms with van der Waals surface area (Å²) < 4.78 is 5.79. The summed E-state index contributed by atoms with van der Waals surface area (Å²) >= 11 is 0. The maximum Gasteiger partial charge on any atom is 0.315 e. The van der Waals surface area contributed by atoms with Gasteiger partial charge in [0.15, 0.2) is 0 Å². The number of hydrogen-bond acceptors (Lipinski definition) is 3. The summed E-state index contributed by atoms with van der Waals surface area (Å²) in [7, 11) is 0. The molecule has 0 fully saturated rings. The van der Waals surface area contributed by atoms with Gasteiger partial charge in [0.2, 0.25) is 0 Å². The topological polar surface area (TPSA) is 87.7 Å². The zero-order valence-electron chi connectivity index (χ0n) is 14.1. The van der Waals surface area contributed by atoms with E-state index in [1.165, 1.54) is 0 Å². The van der Waals surface area contributed by atoms with E-state index in [0.717, 1.165) is 16.9 Å². The summed E-state index contributed by atoms with van der Waals surface area (Å²) in [5.74, 6) is -0.224. The average molecular weight is 342 g/mol. The number of carboxylic acids is 1. The van der Waals surface area contributed by atoms with Crippen LogP contribution in [0.5, 0.6) is 5.75 Å². The van der Waals surface area contributed by atoms with Crippen LogP contribution in [0.25, 0.3) is 0 Å². The van der Waals surface area contributed by atoms with Crippen molar-refractivity contribution in [3.8, 4) is 5.75 Å². The summed E-state index contributed by atoms with van der Waals surface area (Å²) in [6.45, 7) is 2.42. The number of amides is 2. The minimum Gasteiger partial charge on any atom is -0.489 e. The van der Waals surface area contributed by atoms with Crippen molar-refractivity contribution in [1.29, 1.82) is 0 Å². The molecule has 0 spiro atoms. The lowest BCUT2D eigenvalue weighted by atomic mass is 10.1. The number of hydrogen-bond donors (Lipinski definition) is 3. The fourth-order valence-corrected chi connectivity index (χ4v) is 2.23. The fraction of sp³-hybridized carbons (Fsp3) is 0.263. The van der Waals surface area contributed by atoms with E-state index in [1.807, 2.05) is 61.5 Å². The third kappa shape index (κ3) is 6.55. The molecule has 0 aliphatic heterocycles. The minimum atomic E-state index is -0.948. The van der Waals surface area contributed by atoms with Crippen LogP contribution >= 0.6 is 0 Å². The highest BCUT2D eigenvalue weighted by Crippen LogP contribution is 2.20. The molecule has 2 amide bonds. The highest BCUT2D eigenvalue weighted by molar-refractivity contribution is 5.75. The van der Waals surface area contributed by atoms with E-state index in [-0.39, 0.29) is 19.0 Å². The molecule has 6 nitrogen and oxygen atoms in total. The lowest BCUT2D eigenvalue weighted by Crippen LogP contribution is -2.38. The number of nitrogens with one attached hydrogen (secondary N) is 2. The average Bonchev–Trinajstić information content (AvgIpc) is 2.60. The minimum absolute atomic E-state index is 0.0914. The molecule has 0 aromatic heterocycles. The number of urea groups is 1. The Hall–Kier alpha value is -3.02. The number of aliphatic carboxylic acids is 1. The second-order valence-corrected chi connectivity index (χ2v) is 5.61. The first-order chi connectivity index (χ1) is 12.0. The van der Waals surface area contributed by atoms with Crippen molar-refractivity contribution >= 4 is 12.0 Å². The lowest BCUT2D eigenvalue weighted by Gasteiger charge is -2.16. The number of carboxylic acid groups (broad SMARTS) is 1. The zero-order valence-corrected chi connectivity index (χ0v) is 14.1. The van der Waals surface area contributed by atoms with Gasteiger partial charge < -0.3 is 20.5 Å². The summed E-state index contributed by atoms with van der Waals surface area (Å²) in [6.07, 6.45) is -0.107. The molecule has 0 heterocycles. The Balaban J connectivity index is 1.86. The molecule has 3 N–H and O–H groups in total. The highest BCUT2D eigenvalue weighted by Gasteiger charge is 2.10. The summed E-state index contributed by atoms with van der Waals surface area (Å²) in [4.78, 5) is 22.2. The number of carbonyl (C=O) groups is 2. The van der Waals surface area contributed by atoms with Gasteiger partial charge in [-0.15, -0.1) is 0 Å². The Morgan fingerprint density at radius 1 is 1.12 bits per heavy atom. The van der Waals surface area contributed by atoms with Crippen molar-refractivity contribution in [2.75, 3.05) is 6.54 Å². The van der Waals surface area contributed by atoms with Crippen LogP contribution in [0, 0.1) is 0 Å². The molecule has 0 saturated carbocycles. The molecule has 0 radical (unpaired) electrons. The van der Waals surface area contributed by atoms with Crippen molar-refractivity contribution in [1.82, 2.24) is 10.6 Å². The molecular weight excluding hydrogens is 320 g/mol. The van der Waals surface area contributed by atoms with Gasteiger partial charge in [-0.1, -0.05) is 42.5 Å². The molecule has 25 heavy (non-hydrogen) atoms. The van der Waals surface area contributed by atoms with Gasteiger partial charge in [-0.3, -0.25) is 4.79 Å². The van der Waals surface area contributed by atoms with Crippen LogP contribution in [0.1, 0.15) is 30.5 Å². The number of rotatable bonds is 8. The van der Waals surface area contributed by atoms with Crippen LogP contribution in [-0.2, 0) is 11.4 Å². The molecular formula is C19H22N2O4. The molecule has 0 aliphatic rings. The molecule has 2 aromatic carbocycles. The molecule has 2 rings (SSSR count). The smallest absolute Gasteiger partial charge is 0.315 e. The van der Waals surface area contributed by atoms with Crippen LogP contribution in [0.3, 0.4) is 0 Å². The highest BCUT2D eigenvalue weighted by atomic mass is 16.5. The monoisotopic (exact) mass is 342 g/mol. The molecule has 1 atom stereocenters. The van der Waals surface area contributed by atoms with E-state index < -0.39 is 12.0 Å². The maximum atomic E-state index is 11.8. The number of ether oxygens (including phenoxy) is 1. The van der Waals surface area contributed by atoms with E-state index in [2.05, 4.69) is 10.6 Å². The Morgan fingerprint density at radius 2 is 1.88 bits per heavy atom. The number of carbonyl (C=O) groups excluding carboxylic acids is 1. The molecule has 0 aliphatic carbocycles. The van der Waals surface area contributed by atoms with Crippen LogP contribution < -0.4 is 15.4 Å². The molecule has 2 aromatic rings. The van der Waals surface area contributed by atoms with Crippen molar-refractivity contribution < 1.29 is 19.4 Å².